The van der Waals surface area contributed by atoms with E-state index < -0.39 is 5.37 Å². The second-order valence-electron chi connectivity index (χ2n) is 3.54. The Hall–Kier alpha value is -1.71. The lowest BCUT2D eigenvalue weighted by atomic mass is 10.3. The van der Waals surface area contributed by atoms with Crippen molar-refractivity contribution in [3.8, 4) is 0 Å². The molecular weight excluding hydrogens is 271 g/mol. The third-order valence-electron chi connectivity index (χ3n) is 2.28. The third-order valence-corrected chi connectivity index (χ3v) is 2.70. The van der Waals surface area contributed by atoms with E-state index in [1.807, 2.05) is 18.2 Å². The van der Waals surface area contributed by atoms with Crippen molar-refractivity contribution in [2.24, 2.45) is 0 Å². The van der Waals surface area contributed by atoms with E-state index in [0.717, 1.165) is 5.69 Å². The van der Waals surface area contributed by atoms with Crippen LogP contribution < -0.4 is 10.4 Å². The van der Waals surface area contributed by atoms with Crippen LogP contribution >= 0.6 is 23.2 Å². The summed E-state index contributed by atoms with van der Waals surface area (Å²) in [5, 5.41) is 1.27. The number of carbonyl (C=O) groups is 1. The first-order chi connectivity index (χ1) is 8.66. The zero-order chi connectivity index (χ0) is 13.0. The molecule has 0 heterocycles. The Bertz CT molecular complexity index is 528. The molecule has 0 spiro atoms. The van der Waals surface area contributed by atoms with Crippen LogP contribution in [0.2, 0.25) is 5.02 Å². The van der Waals surface area contributed by atoms with Crippen LogP contribution in [0.3, 0.4) is 0 Å². The van der Waals surface area contributed by atoms with Gasteiger partial charge < -0.3 is 0 Å². The van der Waals surface area contributed by atoms with Crippen LogP contribution in [0.15, 0.2) is 54.6 Å². The van der Waals surface area contributed by atoms with Crippen molar-refractivity contribution in [2.45, 2.75) is 0 Å². The van der Waals surface area contributed by atoms with Gasteiger partial charge in [-0.05, 0) is 48.0 Å². The number of nitrogens with zero attached hydrogens (tertiary/aromatic N) is 1. The van der Waals surface area contributed by atoms with Gasteiger partial charge >= 0.3 is 5.37 Å². The first-order valence-electron chi connectivity index (χ1n) is 5.23. The summed E-state index contributed by atoms with van der Waals surface area (Å²) in [7, 11) is 0. The van der Waals surface area contributed by atoms with E-state index in [4.69, 9.17) is 23.2 Å². The van der Waals surface area contributed by atoms with E-state index in [-0.39, 0.29) is 0 Å². The lowest BCUT2D eigenvalue weighted by Crippen LogP contribution is -2.32. The highest BCUT2D eigenvalue weighted by Gasteiger charge is 2.12. The minimum absolute atomic E-state index is 0.615. The molecular formula is C13H10Cl2N2O. The predicted molar refractivity (Wildman–Crippen MR) is 75.2 cm³/mol. The zero-order valence-corrected chi connectivity index (χ0v) is 10.8. The SMILES string of the molecule is O=C(Cl)N(Nc1ccc(Cl)cc1)c1ccccc1. The van der Waals surface area contributed by atoms with Gasteiger partial charge in [-0.1, -0.05) is 29.8 Å². The first kappa shape index (κ1) is 12.7. The van der Waals surface area contributed by atoms with Crippen molar-refractivity contribution < 1.29 is 4.79 Å². The number of anilines is 2. The van der Waals surface area contributed by atoms with Crippen LogP contribution in [0.5, 0.6) is 0 Å². The number of para-hydroxylation sites is 1. The van der Waals surface area contributed by atoms with Gasteiger partial charge in [-0.2, -0.15) is 0 Å². The van der Waals surface area contributed by atoms with Gasteiger partial charge in [0, 0.05) is 5.02 Å². The standard InChI is InChI=1S/C13H10Cl2N2O/c14-10-6-8-11(9-7-10)16-17(13(15)18)12-4-2-1-3-5-12/h1-9,16H. The maximum atomic E-state index is 11.4. The molecule has 2 aromatic carbocycles. The number of rotatable bonds is 3. The summed E-state index contributed by atoms with van der Waals surface area (Å²) in [6.45, 7) is 0. The fourth-order valence-electron chi connectivity index (χ4n) is 1.44. The molecule has 5 heteroatoms. The molecule has 0 radical (unpaired) electrons. The number of benzene rings is 2. The number of amides is 1. The van der Waals surface area contributed by atoms with E-state index in [1.54, 1.807) is 36.4 Å². The smallest absolute Gasteiger partial charge is 0.290 e. The molecule has 2 aromatic rings. The second-order valence-corrected chi connectivity index (χ2v) is 4.30. The Morgan fingerprint density at radius 3 is 2.17 bits per heavy atom. The summed E-state index contributed by atoms with van der Waals surface area (Å²) < 4.78 is 0. The molecule has 0 saturated heterocycles. The Morgan fingerprint density at radius 1 is 1.00 bits per heavy atom. The molecule has 0 fully saturated rings. The molecule has 1 amide bonds. The van der Waals surface area contributed by atoms with Gasteiger partial charge in [0.2, 0.25) is 0 Å². The maximum Gasteiger partial charge on any atom is 0.339 e. The summed E-state index contributed by atoms with van der Waals surface area (Å²) >= 11 is 11.4. The number of hydrogen-bond donors (Lipinski definition) is 1. The highest BCUT2D eigenvalue weighted by molar-refractivity contribution is 6.66. The van der Waals surface area contributed by atoms with E-state index in [0.29, 0.717) is 10.7 Å². The van der Waals surface area contributed by atoms with Crippen LogP contribution in [0, 0.1) is 0 Å². The molecule has 2 rings (SSSR count). The maximum absolute atomic E-state index is 11.4. The lowest BCUT2D eigenvalue weighted by Gasteiger charge is -2.21. The summed E-state index contributed by atoms with van der Waals surface area (Å²) in [5.74, 6) is 0. The second kappa shape index (κ2) is 5.76. The Labute approximate surface area is 115 Å². The molecule has 0 unspecified atom stereocenters. The minimum atomic E-state index is -0.615. The molecule has 18 heavy (non-hydrogen) atoms. The number of carbonyl (C=O) groups excluding carboxylic acids is 1. The van der Waals surface area contributed by atoms with Gasteiger partial charge in [0.1, 0.15) is 0 Å². The topological polar surface area (TPSA) is 32.3 Å². The van der Waals surface area contributed by atoms with Crippen LogP contribution in [-0.4, -0.2) is 5.37 Å². The zero-order valence-electron chi connectivity index (χ0n) is 9.31. The normalized spacial score (nSPS) is 9.89. The molecule has 92 valence electrons. The summed E-state index contributed by atoms with van der Waals surface area (Å²) in [5.41, 5.74) is 4.29. The molecule has 0 aromatic heterocycles. The van der Waals surface area contributed by atoms with E-state index in [1.165, 1.54) is 5.01 Å². The van der Waals surface area contributed by atoms with Crippen molar-refractivity contribution in [3.63, 3.8) is 0 Å². The van der Waals surface area contributed by atoms with E-state index >= 15 is 0 Å². The highest BCUT2D eigenvalue weighted by atomic mass is 35.5. The number of halogens is 2. The molecule has 0 saturated carbocycles. The van der Waals surface area contributed by atoms with Crippen molar-refractivity contribution in [1.82, 2.24) is 0 Å². The van der Waals surface area contributed by atoms with Crippen LogP contribution in [-0.2, 0) is 0 Å². The fourth-order valence-corrected chi connectivity index (χ4v) is 1.71. The average Bonchev–Trinajstić information content (AvgIpc) is 2.38. The van der Waals surface area contributed by atoms with Crippen molar-refractivity contribution in [3.05, 3.63) is 59.6 Å². The van der Waals surface area contributed by atoms with Crippen LogP contribution in [0.1, 0.15) is 0 Å². The average molecular weight is 281 g/mol. The van der Waals surface area contributed by atoms with Gasteiger partial charge in [-0.15, -0.1) is 0 Å². The van der Waals surface area contributed by atoms with Gasteiger partial charge in [-0.25, -0.2) is 5.01 Å². The summed E-state index contributed by atoms with van der Waals surface area (Å²) in [4.78, 5) is 11.4. The Balaban J connectivity index is 2.22. The molecule has 3 nitrogen and oxygen atoms in total. The number of hydrogen-bond acceptors (Lipinski definition) is 2. The predicted octanol–water partition coefficient (Wildman–Crippen LogP) is 4.53. The van der Waals surface area contributed by atoms with Gasteiger partial charge in [0.15, 0.2) is 0 Å². The monoisotopic (exact) mass is 280 g/mol. The number of hydrazine groups is 1. The molecule has 1 N–H and O–H groups in total. The van der Waals surface area contributed by atoms with Crippen molar-refractivity contribution >= 4 is 39.9 Å². The highest BCUT2D eigenvalue weighted by Crippen LogP contribution is 2.19. The molecule has 0 atom stereocenters. The van der Waals surface area contributed by atoms with Crippen molar-refractivity contribution in [2.75, 3.05) is 10.4 Å². The van der Waals surface area contributed by atoms with Gasteiger partial charge in [0.25, 0.3) is 0 Å². The molecule has 0 aliphatic carbocycles. The fraction of sp³-hybridized carbons (Fsp3) is 0. The third kappa shape index (κ3) is 3.15. The van der Waals surface area contributed by atoms with E-state index in [9.17, 15) is 4.79 Å². The first-order valence-corrected chi connectivity index (χ1v) is 5.99. The minimum Gasteiger partial charge on any atom is -0.290 e. The molecule has 0 aliphatic rings. The van der Waals surface area contributed by atoms with E-state index in [2.05, 4.69) is 5.43 Å². The Morgan fingerprint density at radius 2 is 1.61 bits per heavy atom. The number of nitrogens with one attached hydrogen (secondary N) is 1. The van der Waals surface area contributed by atoms with Crippen LogP contribution in [0.4, 0.5) is 16.2 Å². The summed E-state index contributed by atoms with van der Waals surface area (Å²) in [6.07, 6.45) is 0. The van der Waals surface area contributed by atoms with Gasteiger partial charge in [-0.3, -0.25) is 10.2 Å². The molecule has 0 bridgehead atoms. The van der Waals surface area contributed by atoms with Gasteiger partial charge in [0.05, 0.1) is 11.4 Å². The Kier molecular flexibility index (Phi) is 4.07. The lowest BCUT2D eigenvalue weighted by molar-refractivity contribution is 0.265. The largest absolute Gasteiger partial charge is 0.339 e. The molecule has 0 aliphatic heterocycles. The quantitative estimate of drug-likeness (QED) is 0.509. The van der Waals surface area contributed by atoms with Crippen LogP contribution in [0.25, 0.3) is 0 Å². The summed E-state index contributed by atoms with van der Waals surface area (Å²) in [6, 6.07) is 16.1. The van der Waals surface area contributed by atoms with Crippen molar-refractivity contribution in [1.29, 1.82) is 0 Å².